The van der Waals surface area contributed by atoms with Gasteiger partial charge in [-0.15, -0.1) is 0 Å². The zero-order chi connectivity index (χ0) is 49.3. The van der Waals surface area contributed by atoms with Crippen LogP contribution in [0.15, 0.2) is 12.2 Å². The summed E-state index contributed by atoms with van der Waals surface area (Å²) < 4.78 is 5.48. The predicted octanol–water partition coefficient (Wildman–Crippen LogP) is 19.2. The average molecular weight is 961 g/mol. The molecular weight excluding hydrogens is 839 g/mol. The second-order valence-electron chi connectivity index (χ2n) is 21.4. The summed E-state index contributed by atoms with van der Waals surface area (Å²) >= 11 is 0. The molecule has 0 rings (SSSR count). The molecule has 2 atom stereocenters. The quantitative estimate of drug-likeness (QED) is 0.0321. The van der Waals surface area contributed by atoms with E-state index in [2.05, 4.69) is 31.3 Å². The third-order valence-corrected chi connectivity index (χ3v) is 14.6. The molecule has 0 aliphatic carbocycles. The summed E-state index contributed by atoms with van der Waals surface area (Å²) in [5.41, 5.74) is 0. The monoisotopic (exact) mass is 960 g/mol. The number of ether oxygens (including phenoxy) is 1. The molecule has 0 aromatic carbocycles. The topological polar surface area (TPSA) is 95.9 Å². The van der Waals surface area contributed by atoms with Gasteiger partial charge in [0.05, 0.1) is 25.4 Å². The number of nitrogens with one attached hydrogen (secondary N) is 1. The Hall–Kier alpha value is -1.40. The van der Waals surface area contributed by atoms with E-state index in [4.69, 9.17) is 4.74 Å². The summed E-state index contributed by atoms with van der Waals surface area (Å²) in [6.45, 7) is 4.95. The number of aliphatic hydroxyl groups excluding tert-OH is 2. The summed E-state index contributed by atoms with van der Waals surface area (Å²) in [6, 6.07) is -0.537. The molecule has 1 amide bonds. The van der Waals surface area contributed by atoms with E-state index in [0.717, 1.165) is 44.9 Å². The van der Waals surface area contributed by atoms with E-state index in [1.54, 1.807) is 0 Å². The van der Waals surface area contributed by atoms with E-state index < -0.39 is 12.1 Å². The van der Waals surface area contributed by atoms with Crippen molar-refractivity contribution in [3.05, 3.63) is 12.2 Å². The van der Waals surface area contributed by atoms with Gasteiger partial charge in [-0.2, -0.15) is 0 Å². The molecule has 0 saturated carbocycles. The molecule has 0 heterocycles. The maximum Gasteiger partial charge on any atom is 0.305 e. The van der Waals surface area contributed by atoms with Gasteiger partial charge in [-0.05, 0) is 51.4 Å². The SMILES string of the molecule is CCCCCCCC/C=C\CCCCCCCC(=O)OCCCCCCCCCCCCCCCCCCCCCCCCCCCCC(=O)NC(CO)C(O)CCCCCCCCCCCC. The molecule has 0 bridgehead atoms. The highest BCUT2D eigenvalue weighted by molar-refractivity contribution is 5.76. The Morgan fingerprint density at radius 2 is 0.691 bits per heavy atom. The number of hydrogen-bond donors (Lipinski definition) is 3. The third kappa shape index (κ3) is 53.9. The Kier molecular flexibility index (Phi) is 57.0. The number of esters is 1. The van der Waals surface area contributed by atoms with Gasteiger partial charge in [0, 0.05) is 12.8 Å². The molecule has 68 heavy (non-hydrogen) atoms. The van der Waals surface area contributed by atoms with Crippen molar-refractivity contribution in [2.75, 3.05) is 13.2 Å². The lowest BCUT2D eigenvalue weighted by molar-refractivity contribution is -0.143. The lowest BCUT2D eigenvalue weighted by atomic mass is 10.0. The second kappa shape index (κ2) is 58.2. The minimum atomic E-state index is -0.660. The van der Waals surface area contributed by atoms with Crippen molar-refractivity contribution >= 4 is 11.9 Å². The number of unbranched alkanes of at least 4 members (excludes halogenated alkanes) is 45. The summed E-state index contributed by atoms with van der Waals surface area (Å²) in [4.78, 5) is 24.5. The lowest BCUT2D eigenvalue weighted by Gasteiger charge is -2.22. The molecule has 2 unspecified atom stereocenters. The van der Waals surface area contributed by atoms with E-state index in [9.17, 15) is 19.8 Å². The molecule has 0 aromatic heterocycles. The fraction of sp³-hybridized carbons (Fsp3) is 0.935. The van der Waals surface area contributed by atoms with Crippen molar-refractivity contribution < 1.29 is 24.5 Å². The fourth-order valence-electron chi connectivity index (χ4n) is 9.81. The molecule has 0 fully saturated rings. The number of hydrogen-bond acceptors (Lipinski definition) is 5. The average Bonchev–Trinajstić information content (AvgIpc) is 3.34. The molecule has 3 N–H and O–H groups in total. The lowest BCUT2D eigenvalue weighted by Crippen LogP contribution is -2.45. The van der Waals surface area contributed by atoms with Crippen LogP contribution in [-0.4, -0.2) is 47.4 Å². The molecular formula is C62H121NO5. The van der Waals surface area contributed by atoms with Crippen molar-refractivity contribution in [3.63, 3.8) is 0 Å². The first-order valence-corrected chi connectivity index (χ1v) is 30.9. The van der Waals surface area contributed by atoms with Crippen LogP contribution in [0.4, 0.5) is 0 Å². The summed E-state index contributed by atoms with van der Waals surface area (Å²) in [7, 11) is 0. The first-order chi connectivity index (χ1) is 33.5. The van der Waals surface area contributed by atoms with Gasteiger partial charge in [0.2, 0.25) is 5.91 Å². The second-order valence-corrected chi connectivity index (χ2v) is 21.4. The van der Waals surface area contributed by atoms with E-state index in [1.807, 2.05) is 0 Å². The highest BCUT2D eigenvalue weighted by Crippen LogP contribution is 2.18. The molecule has 6 nitrogen and oxygen atoms in total. The molecule has 0 aromatic rings. The Labute approximate surface area is 425 Å². The van der Waals surface area contributed by atoms with Crippen LogP contribution >= 0.6 is 0 Å². The minimum absolute atomic E-state index is 0.00978. The summed E-state index contributed by atoms with van der Waals surface area (Å²) in [5.74, 6) is -0.0232. The number of allylic oxidation sites excluding steroid dienone is 2. The Balaban J connectivity index is 3.32. The van der Waals surface area contributed by atoms with Crippen molar-refractivity contribution in [1.29, 1.82) is 0 Å². The van der Waals surface area contributed by atoms with Crippen LogP contribution in [0.3, 0.4) is 0 Å². The highest BCUT2D eigenvalue weighted by atomic mass is 16.5. The Bertz CT molecular complexity index is 1020. The van der Waals surface area contributed by atoms with Gasteiger partial charge in [-0.1, -0.05) is 296 Å². The van der Waals surface area contributed by atoms with Crippen molar-refractivity contribution in [1.82, 2.24) is 5.32 Å². The first-order valence-electron chi connectivity index (χ1n) is 30.9. The van der Waals surface area contributed by atoms with Gasteiger partial charge in [-0.3, -0.25) is 9.59 Å². The molecule has 0 aliphatic rings. The molecule has 0 aliphatic heterocycles. The predicted molar refractivity (Wildman–Crippen MR) is 297 cm³/mol. The zero-order valence-corrected chi connectivity index (χ0v) is 46.1. The number of carbonyl (C=O) groups excluding carboxylic acids is 2. The summed E-state index contributed by atoms with van der Waals surface area (Å²) in [6.07, 6.45) is 69.5. The molecule has 6 heteroatoms. The number of aliphatic hydroxyl groups is 2. The van der Waals surface area contributed by atoms with Crippen LogP contribution in [0.5, 0.6) is 0 Å². The van der Waals surface area contributed by atoms with Gasteiger partial charge < -0.3 is 20.3 Å². The van der Waals surface area contributed by atoms with Gasteiger partial charge in [0.25, 0.3) is 0 Å². The third-order valence-electron chi connectivity index (χ3n) is 14.6. The molecule has 0 radical (unpaired) electrons. The minimum Gasteiger partial charge on any atom is -0.466 e. The van der Waals surface area contributed by atoms with Crippen LogP contribution in [0, 0.1) is 0 Å². The smallest absolute Gasteiger partial charge is 0.305 e. The van der Waals surface area contributed by atoms with E-state index in [-0.39, 0.29) is 18.5 Å². The maximum atomic E-state index is 12.4. The number of amides is 1. The van der Waals surface area contributed by atoms with Gasteiger partial charge in [0.15, 0.2) is 0 Å². The maximum absolute atomic E-state index is 12.4. The normalized spacial score (nSPS) is 12.6. The van der Waals surface area contributed by atoms with Crippen LogP contribution in [0.2, 0.25) is 0 Å². The zero-order valence-electron chi connectivity index (χ0n) is 46.1. The van der Waals surface area contributed by atoms with E-state index in [0.29, 0.717) is 25.9 Å². The Morgan fingerprint density at radius 1 is 0.397 bits per heavy atom. The van der Waals surface area contributed by atoms with Crippen LogP contribution in [-0.2, 0) is 14.3 Å². The molecule has 0 spiro atoms. The summed E-state index contributed by atoms with van der Waals surface area (Å²) in [5, 5.41) is 23.2. The van der Waals surface area contributed by atoms with E-state index >= 15 is 0 Å². The number of rotatable bonds is 58. The van der Waals surface area contributed by atoms with Crippen LogP contribution in [0.1, 0.15) is 348 Å². The van der Waals surface area contributed by atoms with Crippen LogP contribution in [0.25, 0.3) is 0 Å². The largest absolute Gasteiger partial charge is 0.466 e. The van der Waals surface area contributed by atoms with Gasteiger partial charge in [-0.25, -0.2) is 0 Å². The van der Waals surface area contributed by atoms with Crippen LogP contribution < -0.4 is 5.32 Å². The van der Waals surface area contributed by atoms with E-state index in [1.165, 1.54) is 270 Å². The van der Waals surface area contributed by atoms with Gasteiger partial charge in [0.1, 0.15) is 0 Å². The van der Waals surface area contributed by atoms with Crippen molar-refractivity contribution in [2.45, 2.75) is 360 Å². The van der Waals surface area contributed by atoms with Gasteiger partial charge >= 0.3 is 5.97 Å². The number of carbonyl (C=O) groups is 2. The Morgan fingerprint density at radius 3 is 1.04 bits per heavy atom. The fourth-order valence-corrected chi connectivity index (χ4v) is 9.81. The first kappa shape index (κ1) is 66.6. The van der Waals surface area contributed by atoms with Crippen molar-refractivity contribution in [2.24, 2.45) is 0 Å². The highest BCUT2D eigenvalue weighted by Gasteiger charge is 2.20. The standard InChI is InChI=1S/C62H121NO5/c1-3-5-7-9-11-13-15-16-29-33-36-40-44-48-52-56-62(67)68-57-53-49-45-41-37-34-31-28-26-24-22-20-18-17-19-21-23-25-27-30-32-35-39-43-47-51-55-61(66)63-59(58-64)60(65)54-50-46-42-38-14-12-10-8-6-4-2/h16,29,59-60,64-65H,3-15,17-28,30-58H2,1-2H3,(H,63,66)/b29-16-. The van der Waals surface area contributed by atoms with Crippen molar-refractivity contribution in [3.8, 4) is 0 Å². The molecule has 0 saturated heterocycles. The molecule has 404 valence electrons.